The second-order valence-corrected chi connectivity index (χ2v) is 5.07. The summed E-state index contributed by atoms with van der Waals surface area (Å²) >= 11 is 1.40. The third kappa shape index (κ3) is 3.66. The van der Waals surface area contributed by atoms with Crippen LogP contribution in [0.5, 0.6) is 0 Å². The van der Waals surface area contributed by atoms with Gasteiger partial charge in [0.25, 0.3) is 0 Å². The van der Waals surface area contributed by atoms with Crippen LogP contribution in [-0.4, -0.2) is 43.5 Å². The van der Waals surface area contributed by atoms with E-state index < -0.39 is 0 Å². The molecule has 0 unspecified atom stereocenters. The standard InChI is InChI=1S/C6H12N2P.W/c1-7(2)6(9-5)8(3)4;/h1-4H3;/q;+1. The van der Waals surface area contributed by atoms with Crippen LogP contribution in [0.2, 0.25) is 0 Å². The van der Waals surface area contributed by atoms with Crippen molar-refractivity contribution in [2.45, 2.75) is 0 Å². The Labute approximate surface area is 75.0 Å². The van der Waals surface area contributed by atoms with Crippen molar-refractivity contribution in [1.82, 2.24) is 9.80 Å². The van der Waals surface area contributed by atoms with Crippen molar-refractivity contribution >= 4 is 13.7 Å². The molecule has 0 saturated heterocycles. The van der Waals surface area contributed by atoms with E-state index in [1.165, 1.54) is 32.9 Å². The average molecular weight is 327 g/mol. The minimum absolute atomic E-state index is 1.19. The number of rotatable bonds is 2. The van der Waals surface area contributed by atoms with E-state index in [4.69, 9.17) is 0 Å². The number of nitrogens with zero attached hydrogens (tertiary/aromatic N) is 2. The van der Waals surface area contributed by atoms with E-state index in [2.05, 4.69) is 41.9 Å². The van der Waals surface area contributed by atoms with Gasteiger partial charge in [-0.25, -0.2) is 0 Å². The van der Waals surface area contributed by atoms with Crippen LogP contribution in [0.25, 0.3) is 0 Å². The van der Waals surface area contributed by atoms with Gasteiger partial charge < -0.3 is 0 Å². The van der Waals surface area contributed by atoms with Gasteiger partial charge in [0, 0.05) is 0 Å². The van der Waals surface area contributed by atoms with Gasteiger partial charge in [-0.3, -0.25) is 0 Å². The summed E-state index contributed by atoms with van der Waals surface area (Å²) in [5.74, 6) is 0. The molecule has 0 aromatic rings. The predicted octanol–water partition coefficient (Wildman–Crippen LogP) is 0.607. The molecule has 56 valence electrons. The Bertz CT molecular complexity index is 159. The third-order valence-electron chi connectivity index (χ3n) is 0.946. The molecule has 0 aliphatic rings. The summed E-state index contributed by atoms with van der Waals surface area (Å²) in [6, 6.07) is 0. The van der Waals surface area contributed by atoms with E-state index in [1.807, 2.05) is 0 Å². The summed E-state index contributed by atoms with van der Waals surface area (Å²) in [6.07, 6.45) is 0. The topological polar surface area (TPSA) is 6.48 Å². The maximum atomic E-state index is 3.17. The van der Waals surface area contributed by atoms with Gasteiger partial charge in [-0.15, -0.1) is 0 Å². The minimum atomic E-state index is 1.19. The molecule has 0 N–H and O–H groups in total. The van der Waals surface area contributed by atoms with Crippen LogP contribution in [0.15, 0.2) is 0 Å². The Hall–Kier alpha value is 0.558. The first-order chi connectivity index (χ1) is 4.59. The molecule has 0 heterocycles. The molecule has 0 saturated carbocycles. The molecule has 0 spiro atoms. The zero-order chi connectivity index (χ0) is 8.15. The van der Waals surface area contributed by atoms with Gasteiger partial charge in [0.2, 0.25) is 0 Å². The molecule has 0 aliphatic carbocycles. The van der Waals surface area contributed by atoms with Crippen LogP contribution in [-0.2, 0) is 19.2 Å². The van der Waals surface area contributed by atoms with Crippen molar-refractivity contribution in [3.63, 3.8) is 0 Å². The van der Waals surface area contributed by atoms with Crippen molar-refractivity contribution in [2.75, 3.05) is 28.2 Å². The van der Waals surface area contributed by atoms with Crippen molar-refractivity contribution in [3.8, 4) is 3.94 Å². The van der Waals surface area contributed by atoms with Gasteiger partial charge in [-0.2, -0.15) is 0 Å². The van der Waals surface area contributed by atoms with Crippen LogP contribution in [0, 0.1) is 3.94 Å². The first-order valence-electron chi connectivity index (χ1n) is 2.89. The molecule has 0 aromatic heterocycles. The van der Waals surface area contributed by atoms with E-state index in [0.29, 0.717) is 0 Å². The second-order valence-electron chi connectivity index (χ2n) is 2.29. The SMILES string of the molecule is CN(C)C(=P[C]#[W+])N(C)C. The Morgan fingerprint density at radius 3 is 1.70 bits per heavy atom. The predicted molar refractivity (Wildman–Crippen MR) is 43.2 cm³/mol. The fourth-order valence-electron chi connectivity index (χ4n) is 0.641. The summed E-state index contributed by atoms with van der Waals surface area (Å²) in [4.78, 5) is 4.22. The zero-order valence-corrected chi connectivity index (χ0v) is 10.6. The van der Waals surface area contributed by atoms with Crippen LogP contribution in [0.3, 0.4) is 0 Å². The van der Waals surface area contributed by atoms with Crippen LogP contribution in [0.1, 0.15) is 0 Å². The quantitative estimate of drug-likeness (QED) is 0.686. The van der Waals surface area contributed by atoms with E-state index in [0.717, 1.165) is 0 Å². The Morgan fingerprint density at radius 1 is 1.20 bits per heavy atom. The van der Waals surface area contributed by atoms with Gasteiger partial charge in [-0.1, -0.05) is 0 Å². The summed E-state index contributed by atoms with van der Waals surface area (Å²) in [5.41, 5.74) is 1.27. The summed E-state index contributed by atoms with van der Waals surface area (Å²) in [5, 5.41) is 0. The molecule has 0 aromatic carbocycles. The van der Waals surface area contributed by atoms with Gasteiger partial charge in [-0.05, 0) is 0 Å². The van der Waals surface area contributed by atoms with Gasteiger partial charge in [0.05, 0.1) is 0 Å². The van der Waals surface area contributed by atoms with Crippen molar-refractivity contribution in [2.24, 2.45) is 0 Å². The Kier molecular flexibility index (Phi) is 5.53. The molecule has 0 amide bonds. The molecule has 0 atom stereocenters. The average Bonchev–Trinajstić information content (AvgIpc) is 1.81. The zero-order valence-electron chi connectivity index (χ0n) is 6.75. The normalized spacial score (nSPS) is 10.5. The molecular weight excluding hydrogens is 315 g/mol. The van der Waals surface area contributed by atoms with E-state index in [-0.39, 0.29) is 0 Å². The van der Waals surface area contributed by atoms with Crippen LogP contribution < -0.4 is 0 Å². The van der Waals surface area contributed by atoms with E-state index in [1.54, 1.807) is 0 Å². The molecule has 4 heteroatoms. The van der Waals surface area contributed by atoms with Crippen LogP contribution in [0.4, 0.5) is 0 Å². The van der Waals surface area contributed by atoms with Gasteiger partial charge in [0.15, 0.2) is 0 Å². The molecule has 2 nitrogen and oxygen atoms in total. The Morgan fingerprint density at radius 2 is 1.60 bits per heavy atom. The summed E-state index contributed by atoms with van der Waals surface area (Å²) in [6.45, 7) is 0. The van der Waals surface area contributed by atoms with E-state index >= 15 is 0 Å². The van der Waals surface area contributed by atoms with Crippen molar-refractivity contribution in [1.29, 1.82) is 0 Å². The Balaban J connectivity index is 4.30. The molecule has 0 bridgehead atoms. The first-order valence-corrected chi connectivity index (χ1v) is 5.25. The number of hydrogen-bond acceptors (Lipinski definition) is 0. The fraction of sp³-hybridized carbons (Fsp3) is 0.667. The van der Waals surface area contributed by atoms with Gasteiger partial charge in [0.1, 0.15) is 0 Å². The molecular formula is C6H12N2PW+. The summed E-state index contributed by atoms with van der Waals surface area (Å²) in [7, 11) is 9.39. The third-order valence-corrected chi connectivity index (χ3v) is 3.02. The monoisotopic (exact) mass is 327 g/mol. The second kappa shape index (κ2) is 5.24. The van der Waals surface area contributed by atoms with E-state index in [9.17, 15) is 0 Å². The number of hydrogen-bond donors (Lipinski definition) is 0. The summed E-state index contributed by atoms with van der Waals surface area (Å²) < 4.78 is 3.17. The molecule has 10 heavy (non-hydrogen) atoms. The fourth-order valence-corrected chi connectivity index (χ4v) is 2.00. The maximum absolute atomic E-state index is 3.17. The van der Waals surface area contributed by atoms with Crippen LogP contribution >= 0.6 is 8.20 Å². The molecule has 0 rings (SSSR count). The molecule has 0 aliphatic heterocycles. The first kappa shape index (κ1) is 10.6. The molecule has 0 radical (unpaired) electrons. The van der Waals surface area contributed by atoms with Crippen molar-refractivity contribution < 1.29 is 19.2 Å². The van der Waals surface area contributed by atoms with Crippen molar-refractivity contribution in [3.05, 3.63) is 0 Å². The molecule has 0 fully saturated rings. The van der Waals surface area contributed by atoms with Gasteiger partial charge >= 0.3 is 74.8 Å².